The van der Waals surface area contributed by atoms with Gasteiger partial charge in [-0.05, 0) is 0 Å². The second-order valence-corrected chi connectivity index (χ2v) is 5.81. The van der Waals surface area contributed by atoms with E-state index in [1.165, 1.54) is 0 Å². The minimum Gasteiger partial charge on any atom is -0.388 e. The van der Waals surface area contributed by atoms with E-state index in [1.54, 1.807) is 0 Å². The maximum Gasteiger partial charge on any atom is 0.176 e. The summed E-state index contributed by atoms with van der Waals surface area (Å²) in [7, 11) is 0. The van der Waals surface area contributed by atoms with Gasteiger partial charge in [-0.25, -0.2) is 0 Å². The summed E-state index contributed by atoms with van der Waals surface area (Å²) in [5, 5.41) is 39.6. The molecule has 2 aliphatic heterocycles. The van der Waals surface area contributed by atoms with E-state index in [0.717, 1.165) is 0 Å². The fraction of sp³-hybridized carbons (Fsp3) is 1.00. The predicted octanol–water partition coefficient (Wildman–Crippen LogP) is -5.53. The number of hydrogen-bond acceptors (Lipinski definition) is 11. The van der Waals surface area contributed by atoms with Crippen molar-refractivity contribution in [3.05, 3.63) is 0 Å². The molecule has 2 saturated heterocycles. The van der Waals surface area contributed by atoms with Crippen molar-refractivity contribution >= 4 is 0 Å². The molecule has 0 aromatic heterocycles. The highest BCUT2D eigenvalue weighted by atomic mass is 16.7. The summed E-state index contributed by atoms with van der Waals surface area (Å²) in [4.78, 5) is 0. The molecule has 0 bridgehead atoms. The fourth-order valence-corrected chi connectivity index (χ4v) is 2.74. The first kappa shape index (κ1) is 18.9. The van der Waals surface area contributed by atoms with E-state index >= 15 is 0 Å². The van der Waals surface area contributed by atoms with Crippen LogP contribution in [-0.2, 0) is 14.2 Å². The molecule has 0 unspecified atom stereocenters. The topological polar surface area (TPSA) is 213 Å². The third-order valence-corrected chi connectivity index (χ3v) is 4.25. The van der Waals surface area contributed by atoms with E-state index in [1.807, 2.05) is 0 Å². The smallest absolute Gasteiger partial charge is 0.176 e. The molecule has 0 amide bonds. The zero-order chi connectivity index (χ0) is 17.3. The summed E-state index contributed by atoms with van der Waals surface area (Å²) in [6.07, 6.45) is -9.18. The van der Waals surface area contributed by atoms with Gasteiger partial charge in [0.05, 0.1) is 12.1 Å². The van der Waals surface area contributed by atoms with Gasteiger partial charge in [-0.15, -0.1) is 0 Å². The van der Waals surface area contributed by atoms with Crippen LogP contribution in [0.25, 0.3) is 0 Å². The second kappa shape index (κ2) is 7.63. The van der Waals surface area contributed by atoms with Crippen LogP contribution in [0.15, 0.2) is 0 Å². The average molecular weight is 338 g/mol. The summed E-state index contributed by atoms with van der Waals surface area (Å²) in [6.45, 7) is -0.119. The van der Waals surface area contributed by atoms with Crippen molar-refractivity contribution in [3.63, 3.8) is 0 Å². The number of aliphatic hydroxyl groups excluding tert-OH is 4. The minimum atomic E-state index is -1.39. The van der Waals surface area contributed by atoms with Crippen molar-refractivity contribution in [1.82, 2.24) is 0 Å². The first-order valence-corrected chi connectivity index (χ1v) is 7.41. The Balaban J connectivity index is 2.11. The van der Waals surface area contributed by atoms with E-state index in [0.29, 0.717) is 0 Å². The molecule has 2 rings (SSSR count). The van der Waals surface area contributed by atoms with Gasteiger partial charge < -0.3 is 57.6 Å². The van der Waals surface area contributed by atoms with E-state index in [4.69, 9.17) is 37.1 Å². The Morgan fingerprint density at radius 2 is 1.39 bits per heavy atom. The fourth-order valence-electron chi connectivity index (χ4n) is 2.74. The van der Waals surface area contributed by atoms with Gasteiger partial charge in [-0.2, -0.15) is 0 Å². The third-order valence-electron chi connectivity index (χ3n) is 4.25. The lowest BCUT2D eigenvalue weighted by molar-refractivity contribution is -0.316. The lowest BCUT2D eigenvalue weighted by atomic mass is 9.95. The lowest BCUT2D eigenvalue weighted by Gasteiger charge is -2.46. The molecular weight excluding hydrogens is 312 g/mol. The molecule has 11 nitrogen and oxygen atoms in total. The molecule has 2 heterocycles. The van der Waals surface area contributed by atoms with Crippen LogP contribution >= 0.6 is 0 Å². The Kier molecular flexibility index (Phi) is 6.27. The number of hydrogen-bond donors (Lipinski definition) is 8. The van der Waals surface area contributed by atoms with Gasteiger partial charge in [0.15, 0.2) is 12.6 Å². The quantitative estimate of drug-likeness (QED) is 0.242. The van der Waals surface area contributed by atoms with E-state index in [2.05, 4.69) is 0 Å². The summed E-state index contributed by atoms with van der Waals surface area (Å²) < 4.78 is 16.2. The number of nitrogens with two attached hydrogens (primary N) is 4. The van der Waals surface area contributed by atoms with Crippen molar-refractivity contribution in [1.29, 1.82) is 0 Å². The molecule has 2 fully saturated rings. The number of rotatable bonds is 4. The first-order chi connectivity index (χ1) is 10.8. The molecule has 136 valence electrons. The Labute approximate surface area is 133 Å². The molecule has 23 heavy (non-hydrogen) atoms. The van der Waals surface area contributed by atoms with Gasteiger partial charge in [0.25, 0.3) is 0 Å². The zero-order valence-corrected chi connectivity index (χ0v) is 12.5. The predicted molar refractivity (Wildman–Crippen MR) is 76.5 cm³/mol. The molecule has 0 saturated carbocycles. The van der Waals surface area contributed by atoms with Gasteiger partial charge in [-0.1, -0.05) is 0 Å². The van der Waals surface area contributed by atoms with Crippen LogP contribution in [0.3, 0.4) is 0 Å². The second-order valence-electron chi connectivity index (χ2n) is 5.81. The standard InChI is InChI=1S/C12H26N4O7/c13-1-3-7(17)8(18)6(16)12(22-3)23-10-4(2-14)21-11(20)5(15)9(10)19/h3-12,17-20H,1-2,13-16H2/t3-,4-,5-,6-,7-,8-,9-,10-,11-,12-/m1/s1. The van der Waals surface area contributed by atoms with Gasteiger partial charge in [-0.3, -0.25) is 0 Å². The molecular formula is C12H26N4O7. The highest BCUT2D eigenvalue weighted by molar-refractivity contribution is 4.96. The van der Waals surface area contributed by atoms with E-state index < -0.39 is 61.3 Å². The Morgan fingerprint density at radius 1 is 0.783 bits per heavy atom. The van der Waals surface area contributed by atoms with E-state index in [9.17, 15) is 20.4 Å². The van der Waals surface area contributed by atoms with Crippen LogP contribution in [0, 0.1) is 0 Å². The van der Waals surface area contributed by atoms with E-state index in [-0.39, 0.29) is 13.1 Å². The number of aliphatic hydroxyl groups is 4. The number of ether oxygens (including phenoxy) is 3. The van der Waals surface area contributed by atoms with Crippen LogP contribution in [-0.4, -0.2) is 94.8 Å². The summed E-state index contributed by atoms with van der Waals surface area (Å²) in [6, 6.07) is -2.19. The maximum absolute atomic E-state index is 10.2. The highest BCUT2D eigenvalue weighted by Crippen LogP contribution is 2.26. The third kappa shape index (κ3) is 3.65. The van der Waals surface area contributed by atoms with Gasteiger partial charge in [0.2, 0.25) is 0 Å². The molecule has 12 N–H and O–H groups in total. The minimum absolute atomic E-state index is 0.0566. The molecule has 0 spiro atoms. The molecule has 10 atom stereocenters. The summed E-state index contributed by atoms with van der Waals surface area (Å²) in [5.41, 5.74) is 22.5. The Morgan fingerprint density at radius 3 is 1.96 bits per heavy atom. The lowest BCUT2D eigenvalue weighted by Crippen LogP contribution is -2.68. The van der Waals surface area contributed by atoms with Crippen molar-refractivity contribution in [2.45, 2.75) is 61.3 Å². The molecule has 0 aromatic carbocycles. The Bertz CT molecular complexity index is 388. The SMILES string of the molecule is NC[C@H]1O[C@H](O[C@H]2[C@H](O)[C@@H](N)[C@H](O)O[C@@H]2CN)[C@H](N)[C@@H](O)[C@@H]1O. The average Bonchev–Trinajstić information content (AvgIpc) is 2.55. The highest BCUT2D eigenvalue weighted by Gasteiger charge is 2.48. The van der Waals surface area contributed by atoms with Crippen LogP contribution in [0.2, 0.25) is 0 Å². The molecule has 11 heteroatoms. The largest absolute Gasteiger partial charge is 0.388 e. The van der Waals surface area contributed by atoms with Crippen LogP contribution in [0.5, 0.6) is 0 Å². The molecule has 0 radical (unpaired) electrons. The van der Waals surface area contributed by atoms with Crippen molar-refractivity contribution in [2.75, 3.05) is 13.1 Å². The summed E-state index contributed by atoms with van der Waals surface area (Å²) >= 11 is 0. The molecule has 0 aromatic rings. The van der Waals surface area contributed by atoms with Crippen molar-refractivity contribution in [3.8, 4) is 0 Å². The monoisotopic (exact) mass is 338 g/mol. The van der Waals surface area contributed by atoms with Crippen LogP contribution < -0.4 is 22.9 Å². The molecule has 2 aliphatic rings. The zero-order valence-electron chi connectivity index (χ0n) is 12.5. The van der Waals surface area contributed by atoms with Crippen LogP contribution in [0.4, 0.5) is 0 Å². The first-order valence-electron chi connectivity index (χ1n) is 7.41. The van der Waals surface area contributed by atoms with Gasteiger partial charge in [0.1, 0.15) is 36.6 Å². The maximum atomic E-state index is 10.2. The van der Waals surface area contributed by atoms with Gasteiger partial charge in [0, 0.05) is 13.1 Å². The summed E-state index contributed by atoms with van der Waals surface area (Å²) in [5.74, 6) is 0. The van der Waals surface area contributed by atoms with Crippen LogP contribution in [0.1, 0.15) is 0 Å². The normalized spacial score (nSPS) is 51.7. The Hall–Kier alpha value is -0.440. The van der Waals surface area contributed by atoms with Crippen molar-refractivity contribution < 1.29 is 34.6 Å². The molecule has 0 aliphatic carbocycles. The van der Waals surface area contributed by atoms with Gasteiger partial charge >= 0.3 is 0 Å². The van der Waals surface area contributed by atoms with Crippen molar-refractivity contribution in [2.24, 2.45) is 22.9 Å².